The average molecular weight is 472 g/mol. The van der Waals surface area contributed by atoms with Crippen molar-refractivity contribution in [3.8, 4) is 0 Å². The molecule has 0 saturated carbocycles. The molecule has 0 radical (unpaired) electrons. The molecule has 0 spiro atoms. The molecule has 2 saturated heterocycles. The number of carbonyl (C=O) groups is 1. The van der Waals surface area contributed by atoms with E-state index in [9.17, 15) is 23.3 Å². The van der Waals surface area contributed by atoms with E-state index >= 15 is 0 Å². The third kappa shape index (κ3) is 5.74. The highest BCUT2D eigenvalue weighted by Gasteiger charge is 2.32. The highest BCUT2D eigenvalue weighted by Crippen LogP contribution is 2.34. The van der Waals surface area contributed by atoms with Crippen molar-refractivity contribution in [3.05, 3.63) is 28.3 Å². The number of benzene rings is 1. The molecule has 0 unspecified atom stereocenters. The Hall–Kier alpha value is -2.28. The van der Waals surface area contributed by atoms with E-state index in [1.807, 2.05) is 11.8 Å². The summed E-state index contributed by atoms with van der Waals surface area (Å²) in [4.78, 5) is 25.1. The summed E-state index contributed by atoms with van der Waals surface area (Å²) in [5.74, 6) is -0.557. The van der Waals surface area contributed by atoms with E-state index < -0.39 is 14.9 Å². The summed E-state index contributed by atoms with van der Waals surface area (Å²) >= 11 is 0. The van der Waals surface area contributed by atoms with Crippen molar-refractivity contribution in [3.63, 3.8) is 0 Å². The SMILES string of the molecule is CCOCCOC(=O)C1CCN(c2ccc(S(=O)(=O)N3CCOCC3)cc2[N+](=O)[O-])CC1. The predicted molar refractivity (Wildman–Crippen MR) is 115 cm³/mol. The zero-order valence-corrected chi connectivity index (χ0v) is 18.9. The van der Waals surface area contributed by atoms with Gasteiger partial charge in [-0.3, -0.25) is 14.9 Å². The van der Waals surface area contributed by atoms with E-state index in [1.54, 1.807) is 0 Å². The van der Waals surface area contributed by atoms with Crippen LogP contribution in [0.3, 0.4) is 0 Å². The predicted octanol–water partition coefficient (Wildman–Crippen LogP) is 1.41. The van der Waals surface area contributed by atoms with Crippen molar-refractivity contribution in [2.45, 2.75) is 24.7 Å². The Morgan fingerprint density at radius 3 is 2.50 bits per heavy atom. The Bertz CT molecular complexity index is 909. The molecule has 1 aromatic carbocycles. The smallest absolute Gasteiger partial charge is 0.309 e. The number of carbonyl (C=O) groups excluding carboxylic acids is 1. The molecule has 11 nitrogen and oxygen atoms in total. The highest BCUT2D eigenvalue weighted by molar-refractivity contribution is 7.89. The van der Waals surface area contributed by atoms with E-state index in [0.29, 0.717) is 58.0 Å². The van der Waals surface area contributed by atoms with Gasteiger partial charge in [0.2, 0.25) is 10.0 Å². The number of rotatable bonds is 9. The quantitative estimate of drug-likeness (QED) is 0.227. The van der Waals surface area contributed by atoms with Crippen LogP contribution in [0.25, 0.3) is 0 Å². The molecule has 178 valence electrons. The second-order valence-electron chi connectivity index (χ2n) is 7.55. The first-order valence-electron chi connectivity index (χ1n) is 10.7. The molecule has 3 rings (SSSR count). The fraction of sp³-hybridized carbons (Fsp3) is 0.650. The Balaban J connectivity index is 1.68. The van der Waals surface area contributed by atoms with E-state index in [1.165, 1.54) is 16.4 Å². The summed E-state index contributed by atoms with van der Waals surface area (Å²) in [6.07, 6.45) is 0.997. The van der Waals surface area contributed by atoms with Gasteiger partial charge in [-0.15, -0.1) is 0 Å². The first kappa shape index (κ1) is 24.4. The maximum atomic E-state index is 12.9. The van der Waals surface area contributed by atoms with Crippen LogP contribution in [0.1, 0.15) is 19.8 Å². The summed E-state index contributed by atoms with van der Waals surface area (Å²) < 4.78 is 42.6. The standard InChI is InChI=1S/C20H29N3O8S/c1-2-29-13-14-31-20(24)16-5-7-21(8-6-16)18-4-3-17(15-19(18)23(25)26)32(27,28)22-9-11-30-12-10-22/h3-4,15-16H,2,5-14H2,1H3. The van der Waals surface area contributed by atoms with E-state index in [2.05, 4.69) is 0 Å². The molecule has 2 aliphatic rings. The van der Waals surface area contributed by atoms with Gasteiger partial charge in [0.25, 0.3) is 5.69 Å². The van der Waals surface area contributed by atoms with Crippen LogP contribution in [0.15, 0.2) is 23.1 Å². The number of piperidine rings is 1. The third-order valence-corrected chi connectivity index (χ3v) is 7.49. The van der Waals surface area contributed by atoms with Crippen molar-refractivity contribution >= 4 is 27.4 Å². The van der Waals surface area contributed by atoms with Crippen LogP contribution in [0.4, 0.5) is 11.4 Å². The number of nitro groups is 1. The first-order valence-corrected chi connectivity index (χ1v) is 12.1. The lowest BCUT2D eigenvalue weighted by molar-refractivity contribution is -0.384. The summed E-state index contributed by atoms with van der Waals surface area (Å²) in [7, 11) is -3.84. The van der Waals surface area contributed by atoms with Crippen LogP contribution < -0.4 is 4.90 Å². The van der Waals surface area contributed by atoms with Crippen LogP contribution in [0.5, 0.6) is 0 Å². The molecular formula is C20H29N3O8S. The van der Waals surface area contributed by atoms with Gasteiger partial charge >= 0.3 is 5.97 Å². The van der Waals surface area contributed by atoms with Gasteiger partial charge in [0.15, 0.2) is 0 Å². The minimum atomic E-state index is -3.84. The maximum Gasteiger partial charge on any atom is 0.309 e. The van der Waals surface area contributed by atoms with Crippen LogP contribution in [0.2, 0.25) is 0 Å². The summed E-state index contributed by atoms with van der Waals surface area (Å²) in [6.45, 7) is 4.86. The second kappa shape index (κ2) is 11.0. The minimum Gasteiger partial charge on any atom is -0.463 e. The number of hydrogen-bond donors (Lipinski definition) is 0. The molecule has 2 fully saturated rings. The number of morpholine rings is 1. The molecule has 0 aliphatic carbocycles. The molecule has 0 aromatic heterocycles. The van der Waals surface area contributed by atoms with Crippen molar-refractivity contribution in [2.75, 3.05) is 64.1 Å². The third-order valence-electron chi connectivity index (χ3n) is 5.60. The van der Waals surface area contributed by atoms with Gasteiger partial charge in [-0.05, 0) is 31.9 Å². The lowest BCUT2D eigenvalue weighted by Gasteiger charge is -2.32. The van der Waals surface area contributed by atoms with Crippen LogP contribution in [-0.2, 0) is 29.0 Å². The highest BCUT2D eigenvalue weighted by atomic mass is 32.2. The van der Waals surface area contributed by atoms with Gasteiger partial charge in [0, 0.05) is 38.9 Å². The monoisotopic (exact) mass is 471 g/mol. The Kier molecular flexibility index (Phi) is 8.40. The van der Waals surface area contributed by atoms with E-state index in [-0.39, 0.29) is 42.2 Å². The van der Waals surface area contributed by atoms with Gasteiger partial charge in [0.1, 0.15) is 12.3 Å². The first-order chi connectivity index (χ1) is 15.3. The number of esters is 1. The fourth-order valence-corrected chi connectivity index (χ4v) is 5.26. The summed E-state index contributed by atoms with van der Waals surface area (Å²) in [5.41, 5.74) is 0.0798. The summed E-state index contributed by atoms with van der Waals surface area (Å²) in [6, 6.07) is 4.00. The molecule has 32 heavy (non-hydrogen) atoms. The van der Waals surface area contributed by atoms with Crippen molar-refractivity contribution in [2.24, 2.45) is 5.92 Å². The molecule has 0 bridgehead atoms. The van der Waals surface area contributed by atoms with Gasteiger partial charge in [0.05, 0.1) is 35.6 Å². The molecule has 0 amide bonds. The zero-order valence-electron chi connectivity index (χ0n) is 18.1. The Labute approximate surface area is 187 Å². The number of nitro benzene ring substituents is 1. The topological polar surface area (TPSA) is 129 Å². The van der Waals surface area contributed by atoms with Gasteiger partial charge in [-0.1, -0.05) is 0 Å². The number of nitrogens with zero attached hydrogens (tertiary/aromatic N) is 3. The molecular weight excluding hydrogens is 442 g/mol. The number of sulfonamides is 1. The number of hydrogen-bond acceptors (Lipinski definition) is 9. The van der Waals surface area contributed by atoms with Crippen molar-refractivity contribution in [1.82, 2.24) is 4.31 Å². The van der Waals surface area contributed by atoms with Crippen LogP contribution >= 0.6 is 0 Å². The molecule has 2 heterocycles. The van der Waals surface area contributed by atoms with Crippen molar-refractivity contribution < 1.29 is 32.3 Å². The van der Waals surface area contributed by atoms with Crippen LogP contribution in [-0.4, -0.2) is 82.8 Å². The molecule has 1 aromatic rings. The van der Waals surface area contributed by atoms with E-state index in [0.717, 1.165) is 6.07 Å². The Morgan fingerprint density at radius 2 is 1.88 bits per heavy atom. The molecule has 12 heteroatoms. The minimum absolute atomic E-state index is 0.109. The lowest BCUT2D eigenvalue weighted by atomic mass is 9.96. The molecule has 0 N–H and O–H groups in total. The lowest BCUT2D eigenvalue weighted by Crippen LogP contribution is -2.40. The van der Waals surface area contributed by atoms with Gasteiger partial charge < -0.3 is 19.1 Å². The van der Waals surface area contributed by atoms with Gasteiger partial charge in [-0.2, -0.15) is 4.31 Å². The zero-order chi connectivity index (χ0) is 23.1. The molecule has 0 atom stereocenters. The normalized spacial score (nSPS) is 18.5. The van der Waals surface area contributed by atoms with Crippen molar-refractivity contribution in [1.29, 1.82) is 0 Å². The van der Waals surface area contributed by atoms with Crippen LogP contribution in [0, 0.1) is 16.0 Å². The number of anilines is 1. The Morgan fingerprint density at radius 1 is 1.19 bits per heavy atom. The largest absolute Gasteiger partial charge is 0.463 e. The average Bonchev–Trinajstić information content (AvgIpc) is 2.82. The second-order valence-corrected chi connectivity index (χ2v) is 9.49. The van der Waals surface area contributed by atoms with E-state index in [4.69, 9.17) is 14.2 Å². The summed E-state index contributed by atoms with van der Waals surface area (Å²) in [5, 5.41) is 11.7. The maximum absolute atomic E-state index is 12.9. The molecule has 2 aliphatic heterocycles. The number of ether oxygens (including phenoxy) is 3. The van der Waals surface area contributed by atoms with Gasteiger partial charge in [-0.25, -0.2) is 8.42 Å². The fourth-order valence-electron chi connectivity index (χ4n) is 3.83.